The van der Waals surface area contributed by atoms with Crippen LogP contribution in [-0.2, 0) is 13.0 Å². The van der Waals surface area contributed by atoms with Crippen molar-refractivity contribution in [2.45, 2.75) is 13.0 Å². The summed E-state index contributed by atoms with van der Waals surface area (Å²) in [5.41, 5.74) is 2.72. The van der Waals surface area contributed by atoms with E-state index in [1.54, 1.807) is 25.3 Å². The summed E-state index contributed by atoms with van der Waals surface area (Å²) in [7, 11) is 3.10. The van der Waals surface area contributed by atoms with Crippen LogP contribution in [0.1, 0.15) is 15.9 Å². The lowest BCUT2D eigenvalue weighted by Crippen LogP contribution is -2.38. The summed E-state index contributed by atoms with van der Waals surface area (Å²) in [6, 6.07) is 17.2. The molecule has 0 N–H and O–H groups in total. The summed E-state index contributed by atoms with van der Waals surface area (Å²) in [6.07, 6.45) is 2.91. The van der Waals surface area contributed by atoms with E-state index in [4.69, 9.17) is 23.7 Å². The number of ether oxygens (including phenoxy) is 5. The van der Waals surface area contributed by atoms with Gasteiger partial charge in [0.05, 0.1) is 30.4 Å². The van der Waals surface area contributed by atoms with Crippen LogP contribution in [0.3, 0.4) is 0 Å². The van der Waals surface area contributed by atoms with Crippen LogP contribution in [0.15, 0.2) is 60.8 Å². The number of carbonyl (C=O) groups is 1. The van der Waals surface area contributed by atoms with Gasteiger partial charge >= 0.3 is 5.97 Å². The lowest BCUT2D eigenvalue weighted by Gasteiger charge is -2.18. The molecule has 7 heteroatoms. The molecule has 178 valence electrons. The third-order valence-corrected chi connectivity index (χ3v) is 7.08. The average Bonchev–Trinajstić information content (AvgIpc) is 3.40. The SMILES string of the molecule is COc1ccccc1C(=O)Oc1c(OC)ccc2c1c[n+]1c3c2ccc2c4c(cc(c23)CC1)OCO4. The number of para-hydroxylation sites is 1. The largest absolute Gasteiger partial charge is 0.496 e. The number of aromatic nitrogens is 1. The molecule has 0 aliphatic carbocycles. The molecule has 0 atom stereocenters. The first-order valence-electron chi connectivity index (χ1n) is 11.7. The number of carbonyl (C=O) groups excluding carboxylic acids is 1. The van der Waals surface area contributed by atoms with Crippen molar-refractivity contribution < 1.29 is 33.0 Å². The van der Waals surface area contributed by atoms with Crippen LogP contribution in [0.4, 0.5) is 0 Å². The molecule has 0 amide bonds. The highest BCUT2D eigenvalue weighted by atomic mass is 16.7. The van der Waals surface area contributed by atoms with Crippen molar-refractivity contribution in [2.75, 3.05) is 21.0 Å². The van der Waals surface area contributed by atoms with Gasteiger partial charge < -0.3 is 23.7 Å². The molecule has 2 aliphatic rings. The number of fused-ring (bicyclic) bond motifs is 4. The topological polar surface area (TPSA) is 67.1 Å². The van der Waals surface area contributed by atoms with Gasteiger partial charge in [-0.05, 0) is 48.0 Å². The standard InChI is InChI=1S/C29H22NO6/c1-32-22-6-4-3-5-19(22)29(31)36-28-21-14-30-12-11-16-13-24-27(35-15-34-24)20-8-7-18(26(30)25(16)20)17(21)9-10-23(28)33-2/h3-10,13-14H,11-12,15H2,1-2H3/q+1. The van der Waals surface area contributed by atoms with Crippen LogP contribution in [0.2, 0.25) is 0 Å². The van der Waals surface area contributed by atoms with Gasteiger partial charge in [-0.25, -0.2) is 4.79 Å². The Kier molecular flexibility index (Phi) is 4.48. The van der Waals surface area contributed by atoms with Gasteiger partial charge in [0.1, 0.15) is 11.3 Å². The molecule has 0 unspecified atom stereocenters. The molecular formula is C29H22NO6+. The minimum absolute atomic E-state index is 0.240. The second-order valence-corrected chi connectivity index (χ2v) is 8.87. The summed E-state index contributed by atoms with van der Waals surface area (Å²) in [6.45, 7) is 1.03. The van der Waals surface area contributed by atoms with E-state index in [0.717, 1.165) is 51.5 Å². The molecule has 0 radical (unpaired) electrons. The van der Waals surface area contributed by atoms with Crippen molar-refractivity contribution in [3.8, 4) is 28.7 Å². The van der Waals surface area contributed by atoms with Crippen molar-refractivity contribution in [3.63, 3.8) is 0 Å². The predicted octanol–water partition coefficient (Wildman–Crippen LogP) is 4.95. The Morgan fingerprint density at radius 2 is 1.69 bits per heavy atom. The molecule has 5 aromatic rings. The van der Waals surface area contributed by atoms with Gasteiger partial charge in [0.15, 0.2) is 35.7 Å². The Morgan fingerprint density at radius 1 is 0.889 bits per heavy atom. The molecule has 3 heterocycles. The fraction of sp³-hybridized carbons (Fsp3) is 0.172. The van der Waals surface area contributed by atoms with Crippen molar-refractivity contribution in [2.24, 2.45) is 0 Å². The molecule has 1 aromatic heterocycles. The Bertz CT molecular complexity index is 1740. The van der Waals surface area contributed by atoms with E-state index in [1.807, 2.05) is 18.2 Å². The predicted molar refractivity (Wildman–Crippen MR) is 133 cm³/mol. The number of aryl methyl sites for hydroxylation is 2. The number of pyridine rings is 1. The van der Waals surface area contributed by atoms with Crippen LogP contribution in [0.25, 0.3) is 32.4 Å². The molecule has 0 spiro atoms. The number of nitrogens with zero attached hydrogens (tertiary/aromatic N) is 1. The first-order chi connectivity index (χ1) is 17.7. The van der Waals surface area contributed by atoms with Crippen molar-refractivity contribution in [1.82, 2.24) is 0 Å². The average molecular weight is 480 g/mol. The number of rotatable bonds is 4. The molecule has 36 heavy (non-hydrogen) atoms. The fourth-order valence-corrected chi connectivity index (χ4v) is 5.46. The van der Waals surface area contributed by atoms with Gasteiger partial charge in [0.25, 0.3) is 0 Å². The lowest BCUT2D eigenvalue weighted by molar-refractivity contribution is -0.670. The number of esters is 1. The maximum absolute atomic E-state index is 13.2. The van der Waals surface area contributed by atoms with E-state index in [2.05, 4.69) is 29.0 Å². The number of hydrogen-bond donors (Lipinski definition) is 0. The second kappa shape index (κ2) is 7.75. The molecule has 0 fully saturated rings. The van der Waals surface area contributed by atoms with Gasteiger partial charge in [-0.3, -0.25) is 0 Å². The quantitative estimate of drug-likeness (QED) is 0.157. The van der Waals surface area contributed by atoms with Crippen LogP contribution in [0, 0.1) is 0 Å². The Labute approximate surface area is 206 Å². The molecule has 0 bridgehead atoms. The van der Waals surface area contributed by atoms with E-state index in [-0.39, 0.29) is 6.79 Å². The lowest BCUT2D eigenvalue weighted by atomic mass is 9.93. The smallest absolute Gasteiger partial charge is 0.347 e. The maximum atomic E-state index is 13.2. The summed E-state index contributed by atoms with van der Waals surface area (Å²) in [5, 5.41) is 5.06. The summed E-state index contributed by atoms with van der Waals surface area (Å²) < 4.78 is 30.7. The third kappa shape index (κ3) is 2.86. The minimum Gasteiger partial charge on any atom is -0.496 e. The Balaban J connectivity index is 1.48. The highest BCUT2D eigenvalue weighted by Gasteiger charge is 2.30. The molecule has 2 aliphatic heterocycles. The summed E-state index contributed by atoms with van der Waals surface area (Å²) in [4.78, 5) is 13.2. The van der Waals surface area contributed by atoms with E-state index >= 15 is 0 Å². The molecular weight excluding hydrogens is 458 g/mol. The minimum atomic E-state index is -0.509. The summed E-state index contributed by atoms with van der Waals surface area (Å²) in [5.74, 6) is 2.42. The van der Waals surface area contributed by atoms with Crippen molar-refractivity contribution in [3.05, 3.63) is 71.9 Å². The number of methoxy groups -OCH3 is 2. The Morgan fingerprint density at radius 3 is 2.56 bits per heavy atom. The second-order valence-electron chi connectivity index (χ2n) is 8.87. The molecule has 7 rings (SSSR count). The number of benzene rings is 4. The van der Waals surface area contributed by atoms with Crippen LogP contribution in [0.5, 0.6) is 28.7 Å². The van der Waals surface area contributed by atoms with E-state index in [0.29, 0.717) is 22.8 Å². The Hall–Kier alpha value is -4.52. The normalized spacial score (nSPS) is 13.5. The van der Waals surface area contributed by atoms with Gasteiger partial charge in [0.2, 0.25) is 12.3 Å². The highest BCUT2D eigenvalue weighted by Crippen LogP contribution is 2.46. The van der Waals surface area contributed by atoms with Crippen molar-refractivity contribution >= 4 is 38.4 Å². The van der Waals surface area contributed by atoms with Crippen LogP contribution >= 0.6 is 0 Å². The van der Waals surface area contributed by atoms with Crippen molar-refractivity contribution in [1.29, 1.82) is 0 Å². The zero-order valence-corrected chi connectivity index (χ0v) is 19.8. The van der Waals surface area contributed by atoms with E-state index in [1.165, 1.54) is 18.1 Å². The molecule has 4 aromatic carbocycles. The van der Waals surface area contributed by atoms with E-state index < -0.39 is 5.97 Å². The molecule has 0 saturated carbocycles. The zero-order chi connectivity index (χ0) is 24.4. The highest BCUT2D eigenvalue weighted by molar-refractivity contribution is 6.17. The maximum Gasteiger partial charge on any atom is 0.347 e. The van der Waals surface area contributed by atoms with Gasteiger partial charge in [0, 0.05) is 17.2 Å². The first-order valence-corrected chi connectivity index (χ1v) is 11.7. The van der Waals surface area contributed by atoms with Crippen LogP contribution < -0.4 is 28.3 Å². The monoisotopic (exact) mass is 480 g/mol. The molecule has 7 nitrogen and oxygen atoms in total. The van der Waals surface area contributed by atoms with Gasteiger partial charge in [-0.1, -0.05) is 12.1 Å². The fourth-order valence-electron chi connectivity index (χ4n) is 5.46. The third-order valence-electron chi connectivity index (χ3n) is 7.08. The van der Waals surface area contributed by atoms with Gasteiger partial charge in [-0.15, -0.1) is 0 Å². The van der Waals surface area contributed by atoms with Gasteiger partial charge in [-0.2, -0.15) is 4.57 Å². The zero-order valence-electron chi connectivity index (χ0n) is 19.8. The van der Waals surface area contributed by atoms with Crippen LogP contribution in [-0.4, -0.2) is 27.0 Å². The van der Waals surface area contributed by atoms with E-state index in [9.17, 15) is 4.79 Å². The number of hydrogen-bond acceptors (Lipinski definition) is 6. The summed E-state index contributed by atoms with van der Waals surface area (Å²) >= 11 is 0. The molecule has 0 saturated heterocycles. The first kappa shape index (κ1) is 20.8.